The fourth-order valence-electron chi connectivity index (χ4n) is 1.70. The molecule has 2 rings (SSSR count). The zero-order valence-corrected chi connectivity index (χ0v) is 11.5. The lowest BCUT2D eigenvalue weighted by atomic mass is 9.93. The van der Waals surface area contributed by atoms with Crippen molar-refractivity contribution < 1.29 is 14.6 Å². The molecule has 1 aliphatic heterocycles. The molecular weight excluding hydrogens is 254 g/mol. The minimum atomic E-state index is -1.04. The average molecular weight is 271 g/mol. The van der Waals surface area contributed by atoms with Crippen LogP contribution in [-0.2, 0) is 10.3 Å². The maximum Gasteiger partial charge on any atom is 0.410 e. The molecule has 1 amide bonds. The summed E-state index contributed by atoms with van der Waals surface area (Å²) in [5.41, 5.74) is 3.96. The van der Waals surface area contributed by atoms with E-state index in [9.17, 15) is 9.90 Å². The lowest BCUT2D eigenvalue weighted by Gasteiger charge is -2.45. The van der Waals surface area contributed by atoms with Crippen LogP contribution in [0.25, 0.3) is 0 Å². The van der Waals surface area contributed by atoms with E-state index in [2.05, 4.69) is 4.98 Å². The predicted octanol–water partition coefficient (Wildman–Crippen LogP) is 1.16. The molecular formula is C11H17N3O3S. The molecule has 0 atom stereocenters. The fourth-order valence-corrected chi connectivity index (χ4v) is 2.45. The lowest BCUT2D eigenvalue weighted by Crippen LogP contribution is -2.61. The van der Waals surface area contributed by atoms with Crippen LogP contribution in [0.5, 0.6) is 0 Å². The van der Waals surface area contributed by atoms with Gasteiger partial charge in [0.1, 0.15) is 11.2 Å². The molecule has 1 saturated heterocycles. The Hall–Kier alpha value is -1.34. The molecule has 0 bridgehead atoms. The van der Waals surface area contributed by atoms with Crippen molar-refractivity contribution in [1.82, 2.24) is 9.88 Å². The molecule has 1 aromatic rings. The largest absolute Gasteiger partial charge is 0.444 e. The van der Waals surface area contributed by atoms with Gasteiger partial charge in [0.05, 0.1) is 18.0 Å². The highest BCUT2D eigenvalue weighted by Gasteiger charge is 2.47. The zero-order valence-electron chi connectivity index (χ0n) is 10.6. The second-order valence-corrected chi connectivity index (χ2v) is 6.49. The number of aromatic nitrogens is 1. The Morgan fingerprint density at radius 3 is 2.67 bits per heavy atom. The van der Waals surface area contributed by atoms with Gasteiger partial charge in [-0.25, -0.2) is 9.78 Å². The number of β-amino-alcohol motifs (C(OH)–C–C–N with tert-alkyl or cyclic N) is 1. The molecule has 0 aliphatic carbocycles. The van der Waals surface area contributed by atoms with E-state index in [1.54, 1.807) is 27.0 Å². The van der Waals surface area contributed by atoms with E-state index in [-0.39, 0.29) is 13.1 Å². The molecule has 0 unspecified atom stereocenters. The number of nitrogens with zero attached hydrogens (tertiary/aromatic N) is 2. The van der Waals surface area contributed by atoms with Gasteiger partial charge in [0.15, 0.2) is 5.13 Å². The predicted molar refractivity (Wildman–Crippen MR) is 68.2 cm³/mol. The first kappa shape index (κ1) is 13.1. The molecule has 1 aromatic heterocycles. The lowest BCUT2D eigenvalue weighted by molar-refractivity contribution is -0.101. The molecule has 2 heterocycles. The van der Waals surface area contributed by atoms with Gasteiger partial charge in [0.25, 0.3) is 0 Å². The molecule has 7 heteroatoms. The number of ether oxygens (including phenoxy) is 1. The Morgan fingerprint density at radius 2 is 2.22 bits per heavy atom. The highest BCUT2D eigenvalue weighted by Crippen LogP contribution is 2.36. The number of rotatable bonds is 1. The number of carbonyl (C=O) groups excluding carboxylic acids is 1. The molecule has 18 heavy (non-hydrogen) atoms. The fraction of sp³-hybridized carbons (Fsp3) is 0.636. The third-order valence-corrected chi connectivity index (χ3v) is 3.56. The van der Waals surface area contributed by atoms with Gasteiger partial charge in [0.2, 0.25) is 0 Å². The third-order valence-electron chi connectivity index (χ3n) is 2.54. The quantitative estimate of drug-likeness (QED) is 0.800. The van der Waals surface area contributed by atoms with Gasteiger partial charge in [-0.2, -0.15) is 0 Å². The topological polar surface area (TPSA) is 88.7 Å². The number of anilines is 1. The Morgan fingerprint density at radius 1 is 1.61 bits per heavy atom. The number of amides is 1. The number of nitrogen functional groups attached to an aromatic ring is 1. The first-order valence-corrected chi connectivity index (χ1v) is 6.43. The normalized spacial score (nSPS) is 18.3. The van der Waals surface area contributed by atoms with Gasteiger partial charge in [-0.15, -0.1) is 0 Å². The number of aliphatic hydroxyl groups is 1. The monoisotopic (exact) mass is 271 g/mol. The second-order valence-electron chi connectivity index (χ2n) is 5.43. The zero-order chi connectivity index (χ0) is 13.6. The molecule has 1 aliphatic rings. The van der Waals surface area contributed by atoms with Crippen LogP contribution in [0.2, 0.25) is 0 Å². The van der Waals surface area contributed by atoms with Crippen LogP contribution in [0.3, 0.4) is 0 Å². The van der Waals surface area contributed by atoms with Crippen LogP contribution in [-0.4, -0.2) is 39.8 Å². The molecule has 0 aromatic carbocycles. The van der Waals surface area contributed by atoms with E-state index in [1.165, 1.54) is 16.2 Å². The Labute approximate surface area is 109 Å². The van der Waals surface area contributed by atoms with Gasteiger partial charge >= 0.3 is 6.09 Å². The number of carbonyl (C=O) groups is 1. The second kappa shape index (κ2) is 4.10. The van der Waals surface area contributed by atoms with Crippen LogP contribution < -0.4 is 5.73 Å². The summed E-state index contributed by atoms with van der Waals surface area (Å²) in [5, 5.41) is 10.7. The van der Waals surface area contributed by atoms with Crippen LogP contribution in [0.4, 0.5) is 9.93 Å². The summed E-state index contributed by atoms with van der Waals surface area (Å²) in [6.45, 7) is 5.84. The van der Waals surface area contributed by atoms with Crippen LogP contribution in [0, 0.1) is 0 Å². The molecule has 1 fully saturated rings. The van der Waals surface area contributed by atoms with Crippen molar-refractivity contribution in [2.45, 2.75) is 32.0 Å². The summed E-state index contributed by atoms with van der Waals surface area (Å²) < 4.78 is 5.22. The van der Waals surface area contributed by atoms with Gasteiger partial charge in [-0.1, -0.05) is 11.3 Å². The number of thiazole rings is 1. The summed E-state index contributed by atoms with van der Waals surface area (Å²) in [5.74, 6) is 0. The van der Waals surface area contributed by atoms with E-state index in [1.807, 2.05) is 0 Å². The van der Waals surface area contributed by atoms with Gasteiger partial charge < -0.3 is 20.5 Å². The van der Waals surface area contributed by atoms with E-state index in [4.69, 9.17) is 10.5 Å². The van der Waals surface area contributed by atoms with Crippen LogP contribution in [0.15, 0.2) is 6.20 Å². The SMILES string of the molecule is CC(C)(C)OC(=O)N1CC(O)(c2cnc(N)s2)C1. The third kappa shape index (κ3) is 2.56. The summed E-state index contributed by atoms with van der Waals surface area (Å²) >= 11 is 1.24. The first-order chi connectivity index (χ1) is 8.20. The molecule has 0 saturated carbocycles. The first-order valence-electron chi connectivity index (χ1n) is 5.62. The number of hydrogen-bond donors (Lipinski definition) is 2. The Kier molecular flexibility index (Phi) is 2.98. The maximum absolute atomic E-state index is 11.7. The Bertz CT molecular complexity index is 460. The van der Waals surface area contributed by atoms with Gasteiger partial charge in [0, 0.05) is 6.20 Å². The number of nitrogens with two attached hydrogens (primary N) is 1. The van der Waals surface area contributed by atoms with Crippen LogP contribution in [0.1, 0.15) is 25.6 Å². The highest BCUT2D eigenvalue weighted by atomic mass is 32.1. The van der Waals surface area contributed by atoms with Gasteiger partial charge in [-0.3, -0.25) is 0 Å². The van der Waals surface area contributed by atoms with Crippen molar-refractivity contribution in [3.8, 4) is 0 Å². The number of likely N-dealkylation sites (tertiary alicyclic amines) is 1. The maximum atomic E-state index is 11.7. The smallest absolute Gasteiger partial charge is 0.410 e. The van der Waals surface area contributed by atoms with Crippen molar-refractivity contribution in [2.24, 2.45) is 0 Å². The van der Waals surface area contributed by atoms with Gasteiger partial charge in [-0.05, 0) is 20.8 Å². The highest BCUT2D eigenvalue weighted by molar-refractivity contribution is 7.15. The van der Waals surface area contributed by atoms with Crippen LogP contribution >= 0.6 is 11.3 Å². The Balaban J connectivity index is 1.95. The molecule has 100 valence electrons. The van der Waals surface area contributed by atoms with E-state index in [0.717, 1.165) is 0 Å². The van der Waals surface area contributed by atoms with E-state index in [0.29, 0.717) is 10.0 Å². The van der Waals surface area contributed by atoms with Crippen molar-refractivity contribution in [1.29, 1.82) is 0 Å². The molecule has 0 radical (unpaired) electrons. The van der Waals surface area contributed by atoms with Crippen molar-refractivity contribution in [2.75, 3.05) is 18.8 Å². The molecule has 0 spiro atoms. The minimum absolute atomic E-state index is 0.212. The van der Waals surface area contributed by atoms with E-state index < -0.39 is 17.3 Å². The van der Waals surface area contributed by atoms with E-state index >= 15 is 0 Å². The van der Waals surface area contributed by atoms with Crippen molar-refractivity contribution >= 4 is 22.6 Å². The summed E-state index contributed by atoms with van der Waals surface area (Å²) in [6, 6.07) is 0. The summed E-state index contributed by atoms with van der Waals surface area (Å²) in [7, 11) is 0. The summed E-state index contributed by atoms with van der Waals surface area (Å²) in [6.07, 6.45) is 1.14. The standard InChI is InChI=1S/C11H17N3O3S/c1-10(2,3)17-9(15)14-5-11(16,6-14)7-4-13-8(12)18-7/h4,16H,5-6H2,1-3H3,(H2,12,13). The minimum Gasteiger partial charge on any atom is -0.444 e. The number of hydrogen-bond acceptors (Lipinski definition) is 6. The summed E-state index contributed by atoms with van der Waals surface area (Å²) in [4.78, 5) is 17.8. The average Bonchev–Trinajstić information content (AvgIpc) is 2.57. The molecule has 3 N–H and O–H groups in total. The molecule has 6 nitrogen and oxygen atoms in total. The van der Waals surface area contributed by atoms with Crippen molar-refractivity contribution in [3.63, 3.8) is 0 Å². The van der Waals surface area contributed by atoms with Crippen molar-refractivity contribution in [3.05, 3.63) is 11.1 Å².